The molecule has 0 saturated carbocycles. The monoisotopic (exact) mass is 605 g/mol. The Kier molecular flexibility index (Phi) is 7.49. The predicted octanol–water partition coefficient (Wildman–Crippen LogP) is 6.71. The van der Waals surface area contributed by atoms with Gasteiger partial charge in [-0.05, 0) is 42.5 Å². The standard InChI is InChI=1S/C32H20ClN5O6/c1-42-27-11-6-12-28-23(27)15-29(44-28)31-36-25-10-5-4-9-22(25)32(39)37(31)35-17-19-13-24(33)30(26(14-19)38(40)41)43-18-21-8-3-2-7-20(21)16-34/h2-15,17H,18H2,1H3. The summed E-state index contributed by atoms with van der Waals surface area (Å²) in [5.41, 5.74) is 1.21. The first-order valence-corrected chi connectivity index (χ1v) is 13.5. The number of fused-ring (bicyclic) bond motifs is 2. The van der Waals surface area contributed by atoms with Gasteiger partial charge in [-0.1, -0.05) is 48.0 Å². The van der Waals surface area contributed by atoms with Gasteiger partial charge in [0.05, 0.1) is 51.2 Å². The van der Waals surface area contributed by atoms with Crippen molar-refractivity contribution in [2.45, 2.75) is 6.61 Å². The zero-order chi connectivity index (χ0) is 30.8. The fourth-order valence-electron chi connectivity index (χ4n) is 4.69. The number of nitro groups is 1. The van der Waals surface area contributed by atoms with Crippen LogP contribution in [0, 0.1) is 21.4 Å². The minimum atomic E-state index is -0.633. The van der Waals surface area contributed by atoms with Crippen molar-refractivity contribution in [3.63, 3.8) is 0 Å². The highest BCUT2D eigenvalue weighted by Gasteiger charge is 2.22. The molecule has 6 aromatic rings. The number of hydrogen-bond donors (Lipinski definition) is 0. The summed E-state index contributed by atoms with van der Waals surface area (Å²) in [7, 11) is 1.54. The number of furan rings is 1. The quantitative estimate of drug-likeness (QED) is 0.106. The van der Waals surface area contributed by atoms with E-state index < -0.39 is 16.2 Å². The Balaban J connectivity index is 1.43. The van der Waals surface area contributed by atoms with E-state index in [2.05, 4.69) is 16.2 Å². The lowest BCUT2D eigenvalue weighted by Gasteiger charge is -2.11. The number of nitro benzene ring substituents is 1. The van der Waals surface area contributed by atoms with Crippen LogP contribution in [0.3, 0.4) is 0 Å². The minimum absolute atomic E-state index is 0.0522. The SMILES string of the molecule is COc1cccc2oc(-c3nc4ccccc4c(=O)n3N=Cc3cc(Cl)c(OCc4ccccc4C#N)c([N+](=O)[O-])c3)cc12. The van der Waals surface area contributed by atoms with Crippen molar-refractivity contribution in [2.75, 3.05) is 7.11 Å². The molecule has 44 heavy (non-hydrogen) atoms. The molecule has 0 amide bonds. The van der Waals surface area contributed by atoms with E-state index in [0.29, 0.717) is 38.7 Å². The Morgan fingerprint density at radius 3 is 2.68 bits per heavy atom. The second kappa shape index (κ2) is 11.7. The fourth-order valence-corrected chi connectivity index (χ4v) is 4.97. The molecule has 0 N–H and O–H groups in total. The third kappa shape index (κ3) is 5.21. The van der Waals surface area contributed by atoms with Crippen molar-refractivity contribution >= 4 is 45.4 Å². The van der Waals surface area contributed by atoms with E-state index in [9.17, 15) is 20.2 Å². The van der Waals surface area contributed by atoms with Crippen LogP contribution < -0.4 is 15.0 Å². The Hall–Kier alpha value is -5.99. The molecule has 216 valence electrons. The number of para-hydroxylation sites is 1. The Bertz CT molecular complexity index is 2220. The molecule has 0 bridgehead atoms. The van der Waals surface area contributed by atoms with Crippen LogP contribution in [-0.4, -0.2) is 27.9 Å². The van der Waals surface area contributed by atoms with Crippen molar-refractivity contribution in [1.82, 2.24) is 9.66 Å². The second-order valence-electron chi connectivity index (χ2n) is 9.46. The lowest BCUT2D eigenvalue weighted by molar-refractivity contribution is -0.385. The van der Waals surface area contributed by atoms with Crippen LogP contribution in [0.1, 0.15) is 16.7 Å². The van der Waals surface area contributed by atoms with E-state index in [1.54, 1.807) is 79.9 Å². The predicted molar refractivity (Wildman–Crippen MR) is 164 cm³/mol. The maximum Gasteiger partial charge on any atom is 0.313 e. The summed E-state index contributed by atoms with van der Waals surface area (Å²) in [6.45, 7) is -0.110. The number of rotatable bonds is 8. The molecule has 12 heteroatoms. The van der Waals surface area contributed by atoms with Crippen LogP contribution in [0.25, 0.3) is 33.5 Å². The summed E-state index contributed by atoms with van der Waals surface area (Å²) >= 11 is 6.45. The zero-order valence-corrected chi connectivity index (χ0v) is 23.7. The van der Waals surface area contributed by atoms with Crippen LogP contribution in [0.5, 0.6) is 11.5 Å². The summed E-state index contributed by atoms with van der Waals surface area (Å²) in [5, 5.41) is 26.6. The molecule has 2 aromatic heterocycles. The highest BCUT2D eigenvalue weighted by molar-refractivity contribution is 6.32. The van der Waals surface area contributed by atoms with Gasteiger partial charge in [-0.3, -0.25) is 14.9 Å². The lowest BCUT2D eigenvalue weighted by Crippen LogP contribution is -2.20. The highest BCUT2D eigenvalue weighted by atomic mass is 35.5. The van der Waals surface area contributed by atoms with Gasteiger partial charge >= 0.3 is 5.69 Å². The van der Waals surface area contributed by atoms with Gasteiger partial charge in [-0.25, -0.2) is 4.98 Å². The van der Waals surface area contributed by atoms with Gasteiger partial charge in [0.2, 0.25) is 11.6 Å². The molecule has 0 saturated heterocycles. The van der Waals surface area contributed by atoms with E-state index in [0.717, 1.165) is 4.68 Å². The number of halogens is 1. The lowest BCUT2D eigenvalue weighted by atomic mass is 10.1. The molecule has 2 heterocycles. The molecule has 0 atom stereocenters. The smallest absolute Gasteiger partial charge is 0.313 e. The summed E-state index contributed by atoms with van der Waals surface area (Å²) in [6.07, 6.45) is 1.26. The van der Waals surface area contributed by atoms with E-state index in [1.165, 1.54) is 18.3 Å². The van der Waals surface area contributed by atoms with Gasteiger partial charge in [-0.15, -0.1) is 0 Å². The van der Waals surface area contributed by atoms with Crippen LogP contribution in [0.4, 0.5) is 5.69 Å². The van der Waals surface area contributed by atoms with E-state index in [-0.39, 0.29) is 34.5 Å². The Morgan fingerprint density at radius 2 is 1.89 bits per heavy atom. The van der Waals surface area contributed by atoms with Crippen LogP contribution >= 0.6 is 11.6 Å². The molecule has 0 aliphatic carbocycles. The number of hydrogen-bond acceptors (Lipinski definition) is 9. The van der Waals surface area contributed by atoms with Gasteiger partial charge in [0, 0.05) is 17.2 Å². The number of nitrogens with zero attached hydrogens (tertiary/aromatic N) is 5. The molecule has 0 unspecified atom stereocenters. The van der Waals surface area contributed by atoms with E-state index >= 15 is 0 Å². The average molecular weight is 606 g/mol. The average Bonchev–Trinajstić information content (AvgIpc) is 3.48. The van der Waals surface area contributed by atoms with Gasteiger partial charge < -0.3 is 13.9 Å². The van der Waals surface area contributed by atoms with Crippen molar-refractivity contribution in [2.24, 2.45) is 5.10 Å². The molecule has 11 nitrogen and oxygen atoms in total. The number of aromatic nitrogens is 2. The van der Waals surface area contributed by atoms with Crippen LogP contribution in [0.2, 0.25) is 5.02 Å². The maximum atomic E-state index is 13.6. The van der Waals surface area contributed by atoms with Crippen molar-refractivity contribution < 1.29 is 18.8 Å². The summed E-state index contributed by atoms with van der Waals surface area (Å²) in [4.78, 5) is 29.6. The fraction of sp³-hybridized carbons (Fsp3) is 0.0625. The molecule has 0 radical (unpaired) electrons. The molecule has 0 spiro atoms. The van der Waals surface area contributed by atoms with Gasteiger partial charge in [-0.2, -0.15) is 15.0 Å². The zero-order valence-electron chi connectivity index (χ0n) is 22.9. The summed E-state index contributed by atoms with van der Waals surface area (Å²) in [6, 6.07) is 25.3. The molecule has 6 rings (SSSR count). The van der Waals surface area contributed by atoms with Crippen LogP contribution in [-0.2, 0) is 6.61 Å². The minimum Gasteiger partial charge on any atom is -0.496 e. The molecule has 0 aliphatic rings. The van der Waals surface area contributed by atoms with E-state index in [1.807, 2.05) is 0 Å². The number of ether oxygens (including phenoxy) is 2. The summed E-state index contributed by atoms with van der Waals surface area (Å²) < 4.78 is 18.3. The third-order valence-corrected chi connectivity index (χ3v) is 7.07. The Morgan fingerprint density at radius 1 is 1.09 bits per heavy atom. The maximum absolute atomic E-state index is 13.6. The number of benzene rings is 4. The Labute approximate surface area is 253 Å². The molecule has 0 aliphatic heterocycles. The first-order chi connectivity index (χ1) is 21.4. The topological polar surface area (TPSA) is 146 Å². The second-order valence-corrected chi connectivity index (χ2v) is 9.87. The van der Waals surface area contributed by atoms with Crippen molar-refractivity contribution in [1.29, 1.82) is 5.26 Å². The summed E-state index contributed by atoms with van der Waals surface area (Å²) in [5.74, 6) is 0.786. The third-order valence-electron chi connectivity index (χ3n) is 6.79. The van der Waals surface area contributed by atoms with Gasteiger partial charge in [0.15, 0.2) is 5.76 Å². The van der Waals surface area contributed by atoms with Crippen molar-refractivity contribution in [3.8, 4) is 29.2 Å². The number of methoxy groups -OCH3 is 1. The number of nitriles is 1. The van der Waals surface area contributed by atoms with Crippen LogP contribution in [0.15, 0.2) is 99.2 Å². The van der Waals surface area contributed by atoms with E-state index in [4.69, 9.17) is 25.5 Å². The first kappa shape index (κ1) is 28.1. The molecule has 0 fully saturated rings. The largest absolute Gasteiger partial charge is 0.496 e. The normalized spacial score (nSPS) is 11.2. The highest BCUT2D eigenvalue weighted by Crippen LogP contribution is 2.37. The van der Waals surface area contributed by atoms with Gasteiger partial charge in [0.25, 0.3) is 5.56 Å². The van der Waals surface area contributed by atoms with Crippen molar-refractivity contribution in [3.05, 3.63) is 127 Å². The molecule has 4 aromatic carbocycles. The van der Waals surface area contributed by atoms with Gasteiger partial charge in [0.1, 0.15) is 17.9 Å². The molecular weight excluding hydrogens is 586 g/mol. The molecular formula is C32H20ClN5O6. The first-order valence-electron chi connectivity index (χ1n) is 13.1.